The van der Waals surface area contributed by atoms with E-state index in [0.717, 1.165) is 31.1 Å². The highest BCUT2D eigenvalue weighted by Crippen LogP contribution is 2.14. The van der Waals surface area contributed by atoms with Gasteiger partial charge in [0.05, 0.1) is 12.3 Å². The lowest BCUT2D eigenvalue weighted by Crippen LogP contribution is -2.13. The molecular weight excluding hydrogens is 214 g/mol. The van der Waals surface area contributed by atoms with E-state index in [9.17, 15) is 0 Å². The predicted molar refractivity (Wildman–Crippen MR) is 72.2 cm³/mol. The number of aromatic nitrogens is 1. The van der Waals surface area contributed by atoms with Crippen LogP contribution >= 0.6 is 0 Å². The van der Waals surface area contributed by atoms with Crippen LogP contribution in [0.1, 0.15) is 26.0 Å². The summed E-state index contributed by atoms with van der Waals surface area (Å²) < 4.78 is 5.51. The van der Waals surface area contributed by atoms with Gasteiger partial charge in [0, 0.05) is 18.8 Å². The summed E-state index contributed by atoms with van der Waals surface area (Å²) in [6.45, 7) is 8.57. The third-order valence-corrected chi connectivity index (χ3v) is 2.44. The Kier molecular flexibility index (Phi) is 5.77. The first-order valence-corrected chi connectivity index (χ1v) is 6.14. The highest BCUT2D eigenvalue weighted by molar-refractivity contribution is 5.61. The predicted octanol–water partition coefficient (Wildman–Crippen LogP) is 2.45. The molecule has 1 rings (SSSR count). The minimum Gasteiger partial charge on any atom is -0.396 e. The zero-order chi connectivity index (χ0) is 12.7. The van der Waals surface area contributed by atoms with Crippen LogP contribution in [0.15, 0.2) is 12.1 Å². The van der Waals surface area contributed by atoms with Crippen molar-refractivity contribution in [2.24, 2.45) is 5.92 Å². The van der Waals surface area contributed by atoms with Crippen molar-refractivity contribution in [1.82, 2.24) is 4.98 Å². The Hall–Kier alpha value is -1.29. The lowest BCUT2D eigenvalue weighted by atomic mass is 10.1. The summed E-state index contributed by atoms with van der Waals surface area (Å²) in [6.07, 6.45) is 1.10. The molecule has 0 aliphatic rings. The molecule has 17 heavy (non-hydrogen) atoms. The van der Waals surface area contributed by atoms with E-state index in [-0.39, 0.29) is 0 Å². The van der Waals surface area contributed by atoms with Crippen LogP contribution in [0.25, 0.3) is 0 Å². The molecule has 0 radical (unpaired) electrons. The fourth-order valence-electron chi connectivity index (χ4n) is 1.37. The van der Waals surface area contributed by atoms with Gasteiger partial charge in [-0.25, -0.2) is 4.98 Å². The Bertz CT molecular complexity index is 339. The second-order valence-corrected chi connectivity index (χ2v) is 4.61. The largest absolute Gasteiger partial charge is 0.396 e. The highest BCUT2D eigenvalue weighted by atomic mass is 16.5. The average Bonchev–Trinajstić information content (AvgIpc) is 2.27. The molecule has 0 saturated carbocycles. The average molecular weight is 237 g/mol. The maximum atomic E-state index is 5.80. The van der Waals surface area contributed by atoms with Crippen molar-refractivity contribution in [2.45, 2.75) is 27.2 Å². The first-order valence-electron chi connectivity index (χ1n) is 6.14. The Balaban J connectivity index is 2.20. The number of aryl methyl sites for hydroxylation is 1. The van der Waals surface area contributed by atoms with E-state index in [1.807, 2.05) is 19.1 Å². The van der Waals surface area contributed by atoms with Crippen molar-refractivity contribution in [3.8, 4) is 0 Å². The van der Waals surface area contributed by atoms with Gasteiger partial charge in [-0.3, -0.25) is 0 Å². The second kappa shape index (κ2) is 7.12. The van der Waals surface area contributed by atoms with E-state index in [0.29, 0.717) is 18.2 Å². The maximum Gasteiger partial charge on any atom is 0.149 e. The first-order chi connectivity index (χ1) is 8.09. The monoisotopic (exact) mass is 237 g/mol. The summed E-state index contributed by atoms with van der Waals surface area (Å²) in [5, 5.41) is 3.18. The van der Waals surface area contributed by atoms with E-state index in [4.69, 9.17) is 10.5 Å². The maximum absolute atomic E-state index is 5.80. The number of pyridine rings is 1. The van der Waals surface area contributed by atoms with Crippen LogP contribution in [0.3, 0.4) is 0 Å². The molecule has 0 bridgehead atoms. The SMILES string of the molecule is Cc1ccc(N)c(NCCOCCC(C)C)n1. The van der Waals surface area contributed by atoms with Gasteiger partial charge in [-0.15, -0.1) is 0 Å². The molecule has 3 N–H and O–H groups in total. The van der Waals surface area contributed by atoms with Gasteiger partial charge in [0.15, 0.2) is 0 Å². The van der Waals surface area contributed by atoms with E-state index >= 15 is 0 Å². The molecule has 0 unspecified atom stereocenters. The normalized spacial score (nSPS) is 10.8. The number of nitrogens with one attached hydrogen (secondary N) is 1. The minimum absolute atomic E-state index is 0.679. The highest BCUT2D eigenvalue weighted by Gasteiger charge is 2.00. The van der Waals surface area contributed by atoms with Gasteiger partial charge in [0.1, 0.15) is 5.82 Å². The van der Waals surface area contributed by atoms with Crippen molar-refractivity contribution in [1.29, 1.82) is 0 Å². The van der Waals surface area contributed by atoms with Crippen molar-refractivity contribution in [3.05, 3.63) is 17.8 Å². The van der Waals surface area contributed by atoms with Crippen LogP contribution < -0.4 is 11.1 Å². The molecule has 0 atom stereocenters. The van der Waals surface area contributed by atoms with Gasteiger partial charge in [-0.2, -0.15) is 0 Å². The Morgan fingerprint density at radius 3 is 2.82 bits per heavy atom. The third kappa shape index (κ3) is 5.54. The lowest BCUT2D eigenvalue weighted by molar-refractivity contribution is 0.132. The topological polar surface area (TPSA) is 60.2 Å². The van der Waals surface area contributed by atoms with Crippen LogP contribution in [0, 0.1) is 12.8 Å². The van der Waals surface area contributed by atoms with Gasteiger partial charge in [-0.1, -0.05) is 13.8 Å². The third-order valence-electron chi connectivity index (χ3n) is 2.44. The quantitative estimate of drug-likeness (QED) is 0.715. The molecule has 0 aliphatic carbocycles. The molecule has 1 heterocycles. The van der Waals surface area contributed by atoms with Gasteiger partial charge in [-0.05, 0) is 31.4 Å². The van der Waals surface area contributed by atoms with E-state index in [2.05, 4.69) is 24.1 Å². The van der Waals surface area contributed by atoms with Crippen molar-refractivity contribution in [2.75, 3.05) is 30.8 Å². The van der Waals surface area contributed by atoms with Crippen LogP contribution in [0.4, 0.5) is 11.5 Å². The second-order valence-electron chi connectivity index (χ2n) is 4.61. The molecule has 96 valence electrons. The standard InChI is InChI=1S/C13H23N3O/c1-10(2)6-8-17-9-7-15-13-12(14)5-4-11(3)16-13/h4-5,10H,6-9,14H2,1-3H3,(H,15,16). The van der Waals surface area contributed by atoms with E-state index < -0.39 is 0 Å². The number of ether oxygens (including phenoxy) is 1. The molecule has 0 spiro atoms. The first kappa shape index (κ1) is 13.8. The summed E-state index contributed by atoms with van der Waals surface area (Å²) in [7, 11) is 0. The van der Waals surface area contributed by atoms with Crippen molar-refractivity contribution in [3.63, 3.8) is 0 Å². The number of nitrogens with two attached hydrogens (primary N) is 1. The molecule has 0 aliphatic heterocycles. The zero-order valence-electron chi connectivity index (χ0n) is 11.0. The van der Waals surface area contributed by atoms with E-state index in [1.54, 1.807) is 0 Å². The number of anilines is 2. The van der Waals surface area contributed by atoms with Crippen molar-refractivity contribution >= 4 is 11.5 Å². The number of nitrogen functional groups attached to an aromatic ring is 1. The molecule has 4 nitrogen and oxygen atoms in total. The van der Waals surface area contributed by atoms with Gasteiger partial charge in [0.25, 0.3) is 0 Å². The van der Waals surface area contributed by atoms with Crippen LogP contribution in [-0.4, -0.2) is 24.7 Å². The van der Waals surface area contributed by atoms with Crippen LogP contribution in [-0.2, 0) is 4.74 Å². The number of nitrogens with zero attached hydrogens (tertiary/aromatic N) is 1. The fraction of sp³-hybridized carbons (Fsp3) is 0.615. The van der Waals surface area contributed by atoms with Crippen molar-refractivity contribution < 1.29 is 4.74 Å². The Labute approximate surface area is 104 Å². The molecule has 0 amide bonds. The van der Waals surface area contributed by atoms with Gasteiger partial charge >= 0.3 is 0 Å². The summed E-state index contributed by atoms with van der Waals surface area (Å²) in [5.74, 6) is 1.44. The molecule has 0 saturated heterocycles. The lowest BCUT2D eigenvalue weighted by Gasteiger charge is -2.10. The minimum atomic E-state index is 0.679. The molecular formula is C13H23N3O. The van der Waals surface area contributed by atoms with Crippen LogP contribution in [0.2, 0.25) is 0 Å². The molecule has 4 heteroatoms. The number of hydrogen-bond donors (Lipinski definition) is 2. The Morgan fingerprint density at radius 1 is 1.35 bits per heavy atom. The summed E-state index contributed by atoms with van der Waals surface area (Å²) >= 11 is 0. The summed E-state index contributed by atoms with van der Waals surface area (Å²) in [6, 6.07) is 3.77. The molecule has 1 aromatic heterocycles. The summed E-state index contributed by atoms with van der Waals surface area (Å²) in [5.41, 5.74) is 7.44. The van der Waals surface area contributed by atoms with Gasteiger partial charge in [0.2, 0.25) is 0 Å². The van der Waals surface area contributed by atoms with E-state index in [1.165, 1.54) is 0 Å². The molecule has 0 aromatic carbocycles. The number of hydrogen-bond acceptors (Lipinski definition) is 4. The van der Waals surface area contributed by atoms with Crippen LogP contribution in [0.5, 0.6) is 0 Å². The summed E-state index contributed by atoms with van der Waals surface area (Å²) in [4.78, 5) is 4.33. The Morgan fingerprint density at radius 2 is 2.12 bits per heavy atom. The molecule has 0 fully saturated rings. The smallest absolute Gasteiger partial charge is 0.149 e. The fourth-order valence-corrected chi connectivity index (χ4v) is 1.37. The number of rotatable bonds is 7. The van der Waals surface area contributed by atoms with Gasteiger partial charge < -0.3 is 15.8 Å². The molecule has 1 aromatic rings. The zero-order valence-corrected chi connectivity index (χ0v) is 11.0.